The van der Waals surface area contributed by atoms with Gasteiger partial charge in [0.25, 0.3) is 0 Å². The average molecular weight is 316 g/mol. The van der Waals surface area contributed by atoms with Gasteiger partial charge in [0.2, 0.25) is 0 Å². The topological polar surface area (TPSA) is 70.4 Å². The number of aryl methyl sites for hydroxylation is 2. The SMILES string of the molecule is CCCN(CCO)C(=O)Nc1cc(C)n(-c2ccc(C)cc2)n1. The predicted molar refractivity (Wildman–Crippen MR) is 91.0 cm³/mol. The van der Waals surface area contributed by atoms with Crippen LogP contribution in [0.15, 0.2) is 30.3 Å². The Balaban J connectivity index is 2.14. The van der Waals surface area contributed by atoms with E-state index in [1.165, 1.54) is 5.56 Å². The van der Waals surface area contributed by atoms with Crippen LogP contribution in [-0.2, 0) is 0 Å². The highest BCUT2D eigenvalue weighted by molar-refractivity contribution is 5.88. The van der Waals surface area contributed by atoms with Gasteiger partial charge in [0.15, 0.2) is 5.82 Å². The van der Waals surface area contributed by atoms with Crippen molar-refractivity contribution in [2.75, 3.05) is 25.0 Å². The van der Waals surface area contributed by atoms with E-state index in [-0.39, 0.29) is 12.6 Å². The maximum atomic E-state index is 12.2. The molecule has 0 aliphatic rings. The molecule has 0 radical (unpaired) electrons. The summed E-state index contributed by atoms with van der Waals surface area (Å²) in [5.74, 6) is 0.507. The monoisotopic (exact) mass is 316 g/mol. The molecule has 1 aromatic heterocycles. The van der Waals surface area contributed by atoms with Gasteiger partial charge in [0, 0.05) is 24.8 Å². The van der Waals surface area contributed by atoms with Crippen LogP contribution < -0.4 is 5.32 Å². The van der Waals surface area contributed by atoms with Crippen molar-refractivity contribution >= 4 is 11.8 Å². The van der Waals surface area contributed by atoms with Gasteiger partial charge in [-0.15, -0.1) is 5.10 Å². The molecule has 6 nitrogen and oxygen atoms in total. The quantitative estimate of drug-likeness (QED) is 0.861. The summed E-state index contributed by atoms with van der Waals surface area (Å²) >= 11 is 0. The predicted octanol–water partition coefficient (Wildman–Crippen LogP) is 2.73. The van der Waals surface area contributed by atoms with E-state index in [9.17, 15) is 4.79 Å². The standard InChI is InChI=1S/C17H24N4O2/c1-4-9-20(10-11-22)17(23)18-16-12-14(3)21(19-16)15-7-5-13(2)6-8-15/h5-8,12,22H,4,9-11H2,1-3H3,(H,18,19,23). The Kier molecular flexibility index (Phi) is 5.76. The van der Waals surface area contributed by atoms with E-state index in [1.54, 1.807) is 9.58 Å². The highest BCUT2D eigenvalue weighted by Crippen LogP contribution is 2.16. The molecule has 2 amide bonds. The lowest BCUT2D eigenvalue weighted by atomic mass is 10.2. The lowest BCUT2D eigenvalue weighted by Crippen LogP contribution is -2.37. The molecule has 0 bridgehead atoms. The number of nitrogens with zero attached hydrogens (tertiary/aromatic N) is 3. The van der Waals surface area contributed by atoms with Crippen LogP contribution in [0, 0.1) is 13.8 Å². The first kappa shape index (κ1) is 17.0. The van der Waals surface area contributed by atoms with E-state index in [2.05, 4.69) is 10.4 Å². The molecule has 0 saturated heterocycles. The fourth-order valence-corrected chi connectivity index (χ4v) is 2.38. The number of amides is 2. The third-order valence-electron chi connectivity index (χ3n) is 3.55. The number of aliphatic hydroxyl groups excluding tert-OH is 1. The summed E-state index contributed by atoms with van der Waals surface area (Å²) in [5.41, 5.74) is 3.08. The lowest BCUT2D eigenvalue weighted by Gasteiger charge is -2.20. The van der Waals surface area contributed by atoms with Gasteiger partial charge in [-0.3, -0.25) is 5.32 Å². The molecule has 2 N–H and O–H groups in total. The summed E-state index contributed by atoms with van der Waals surface area (Å²) in [6, 6.07) is 9.64. The van der Waals surface area contributed by atoms with Crippen LogP contribution in [0.1, 0.15) is 24.6 Å². The highest BCUT2D eigenvalue weighted by atomic mass is 16.3. The molecule has 0 aliphatic heterocycles. The van der Waals surface area contributed by atoms with Gasteiger partial charge in [-0.2, -0.15) is 0 Å². The van der Waals surface area contributed by atoms with E-state index in [1.807, 2.05) is 51.1 Å². The number of hydrogen-bond acceptors (Lipinski definition) is 3. The summed E-state index contributed by atoms with van der Waals surface area (Å²) in [6.07, 6.45) is 0.838. The van der Waals surface area contributed by atoms with Crippen LogP contribution in [-0.4, -0.2) is 45.5 Å². The number of hydrogen-bond donors (Lipinski definition) is 2. The molecule has 1 heterocycles. The number of carbonyl (C=O) groups excluding carboxylic acids is 1. The maximum absolute atomic E-state index is 12.2. The van der Waals surface area contributed by atoms with Gasteiger partial charge in [0.05, 0.1) is 12.3 Å². The number of urea groups is 1. The minimum atomic E-state index is -0.241. The number of benzene rings is 1. The van der Waals surface area contributed by atoms with Crippen molar-refractivity contribution in [3.05, 3.63) is 41.6 Å². The van der Waals surface area contributed by atoms with Crippen LogP contribution >= 0.6 is 0 Å². The molecule has 0 atom stereocenters. The maximum Gasteiger partial charge on any atom is 0.323 e. The molecule has 2 aromatic rings. The van der Waals surface area contributed by atoms with Gasteiger partial charge in [0.1, 0.15) is 0 Å². The Hall–Kier alpha value is -2.34. The Labute approximate surface area is 136 Å². The number of aromatic nitrogens is 2. The second-order valence-electron chi connectivity index (χ2n) is 5.56. The molecule has 0 aliphatic carbocycles. The van der Waals surface area contributed by atoms with E-state index < -0.39 is 0 Å². The van der Waals surface area contributed by atoms with Crippen molar-refractivity contribution in [1.82, 2.24) is 14.7 Å². The van der Waals surface area contributed by atoms with E-state index in [4.69, 9.17) is 5.11 Å². The van der Waals surface area contributed by atoms with Gasteiger partial charge in [-0.05, 0) is 32.4 Å². The highest BCUT2D eigenvalue weighted by Gasteiger charge is 2.14. The molecule has 0 unspecified atom stereocenters. The summed E-state index contributed by atoms with van der Waals surface area (Å²) in [7, 11) is 0. The Morgan fingerprint density at radius 3 is 2.57 bits per heavy atom. The summed E-state index contributed by atoms with van der Waals surface area (Å²) in [5, 5.41) is 16.3. The van der Waals surface area contributed by atoms with E-state index >= 15 is 0 Å². The summed E-state index contributed by atoms with van der Waals surface area (Å²) in [6.45, 7) is 6.84. The van der Waals surface area contributed by atoms with Gasteiger partial charge >= 0.3 is 6.03 Å². The average Bonchev–Trinajstić information content (AvgIpc) is 2.88. The van der Waals surface area contributed by atoms with Crippen LogP contribution in [0.3, 0.4) is 0 Å². The molecule has 124 valence electrons. The number of anilines is 1. The van der Waals surface area contributed by atoms with Crippen LogP contribution in [0.2, 0.25) is 0 Å². The first-order chi connectivity index (χ1) is 11.0. The zero-order valence-electron chi connectivity index (χ0n) is 13.9. The normalized spacial score (nSPS) is 10.6. The zero-order valence-corrected chi connectivity index (χ0v) is 13.9. The largest absolute Gasteiger partial charge is 0.395 e. The third kappa shape index (κ3) is 4.32. The Morgan fingerprint density at radius 1 is 1.26 bits per heavy atom. The number of rotatable bonds is 6. The Morgan fingerprint density at radius 2 is 1.96 bits per heavy atom. The fraction of sp³-hybridized carbons (Fsp3) is 0.412. The molecule has 0 spiro atoms. The number of carbonyl (C=O) groups is 1. The smallest absolute Gasteiger partial charge is 0.323 e. The minimum Gasteiger partial charge on any atom is -0.395 e. The van der Waals surface area contributed by atoms with Crippen molar-refractivity contribution < 1.29 is 9.90 Å². The van der Waals surface area contributed by atoms with Crippen molar-refractivity contribution in [3.63, 3.8) is 0 Å². The van der Waals surface area contributed by atoms with E-state index in [0.717, 1.165) is 17.8 Å². The van der Waals surface area contributed by atoms with Crippen molar-refractivity contribution in [2.24, 2.45) is 0 Å². The Bertz CT molecular complexity index is 643. The first-order valence-electron chi connectivity index (χ1n) is 7.85. The molecular weight excluding hydrogens is 292 g/mol. The second-order valence-corrected chi connectivity index (χ2v) is 5.56. The van der Waals surface area contributed by atoms with Crippen molar-refractivity contribution in [3.8, 4) is 5.69 Å². The molecule has 2 rings (SSSR count). The second kappa shape index (κ2) is 7.78. The molecule has 0 saturated carbocycles. The van der Waals surface area contributed by atoms with Gasteiger partial charge < -0.3 is 10.0 Å². The third-order valence-corrected chi connectivity index (χ3v) is 3.55. The van der Waals surface area contributed by atoms with Crippen molar-refractivity contribution in [2.45, 2.75) is 27.2 Å². The molecule has 0 fully saturated rings. The minimum absolute atomic E-state index is 0.0513. The first-order valence-corrected chi connectivity index (χ1v) is 7.85. The van der Waals surface area contributed by atoms with Crippen LogP contribution in [0.4, 0.5) is 10.6 Å². The fourth-order valence-electron chi connectivity index (χ4n) is 2.38. The number of nitrogens with one attached hydrogen (secondary N) is 1. The van der Waals surface area contributed by atoms with Crippen molar-refractivity contribution in [1.29, 1.82) is 0 Å². The zero-order chi connectivity index (χ0) is 16.8. The summed E-state index contributed by atoms with van der Waals surface area (Å²) in [4.78, 5) is 13.8. The van der Waals surface area contributed by atoms with Crippen LogP contribution in [0.5, 0.6) is 0 Å². The molecule has 6 heteroatoms. The molecule has 1 aromatic carbocycles. The van der Waals surface area contributed by atoms with Gasteiger partial charge in [-0.1, -0.05) is 24.6 Å². The summed E-state index contributed by atoms with van der Waals surface area (Å²) < 4.78 is 1.80. The van der Waals surface area contributed by atoms with E-state index in [0.29, 0.717) is 18.9 Å². The lowest BCUT2D eigenvalue weighted by molar-refractivity contribution is 0.188. The van der Waals surface area contributed by atoms with Crippen LogP contribution in [0.25, 0.3) is 5.69 Å². The molecular formula is C17H24N4O2. The molecule has 23 heavy (non-hydrogen) atoms. The number of aliphatic hydroxyl groups is 1. The van der Waals surface area contributed by atoms with Gasteiger partial charge in [-0.25, -0.2) is 9.48 Å².